The van der Waals surface area contributed by atoms with Crippen LogP contribution < -0.4 is 0 Å². The van der Waals surface area contributed by atoms with Crippen LogP contribution in [-0.2, 0) is 0 Å². The van der Waals surface area contributed by atoms with Gasteiger partial charge in [0.2, 0.25) is 5.50 Å². The molecule has 0 saturated carbocycles. The van der Waals surface area contributed by atoms with Gasteiger partial charge in [-0.1, -0.05) is 17.7 Å². The summed E-state index contributed by atoms with van der Waals surface area (Å²) in [4.78, 5) is 10.1. The van der Waals surface area contributed by atoms with Gasteiger partial charge in [0.05, 0.1) is 4.88 Å². The lowest BCUT2D eigenvalue weighted by atomic mass is 10.2. The van der Waals surface area contributed by atoms with Gasteiger partial charge in [0.25, 0.3) is 0 Å². The Morgan fingerprint density at radius 1 is 1.13 bits per heavy atom. The maximum atomic E-state index is 5.89. The van der Waals surface area contributed by atoms with Gasteiger partial charge < -0.3 is 0 Å². The highest BCUT2D eigenvalue weighted by Gasteiger charge is 2.19. The third-order valence-corrected chi connectivity index (χ3v) is 5.79. The Kier molecular flexibility index (Phi) is 4.21. The number of amidine groups is 1. The molecule has 23 heavy (non-hydrogen) atoms. The summed E-state index contributed by atoms with van der Waals surface area (Å²) in [6, 6.07) is 11.4. The fourth-order valence-corrected chi connectivity index (χ4v) is 4.28. The Balaban J connectivity index is 1.48. The summed E-state index contributed by atoms with van der Waals surface area (Å²) in [5, 5.41) is 11.0. The molecule has 0 bridgehead atoms. The number of hydrogen-bond donors (Lipinski definition) is 0. The molecule has 0 N–H and O–H groups in total. The number of azo groups is 1. The van der Waals surface area contributed by atoms with Crippen LogP contribution in [-0.4, -0.2) is 20.7 Å². The molecule has 114 valence electrons. The first-order valence-corrected chi connectivity index (χ1v) is 9.48. The zero-order chi connectivity index (χ0) is 15.6. The van der Waals surface area contributed by atoms with Gasteiger partial charge in [-0.05, 0) is 59.0 Å². The van der Waals surface area contributed by atoms with E-state index in [9.17, 15) is 0 Å². The van der Waals surface area contributed by atoms with Crippen molar-refractivity contribution in [1.82, 2.24) is 9.36 Å². The predicted octanol–water partition coefficient (Wildman–Crippen LogP) is 5.21. The summed E-state index contributed by atoms with van der Waals surface area (Å²) in [7, 11) is 0. The van der Waals surface area contributed by atoms with Gasteiger partial charge in [-0.15, -0.1) is 21.6 Å². The van der Waals surface area contributed by atoms with Crippen molar-refractivity contribution in [3.05, 3.63) is 52.4 Å². The van der Waals surface area contributed by atoms with Crippen LogP contribution in [0.5, 0.6) is 0 Å². The Labute approximate surface area is 149 Å². The Morgan fingerprint density at radius 3 is 2.78 bits per heavy atom. The molecule has 1 unspecified atom stereocenters. The lowest BCUT2D eigenvalue weighted by molar-refractivity contribution is 0.969. The minimum absolute atomic E-state index is 0.315. The molecule has 0 fully saturated rings. The molecule has 3 heterocycles. The highest BCUT2D eigenvalue weighted by Crippen LogP contribution is 2.33. The fraction of sp³-hybridized carbons (Fsp3) is 0.0714. The summed E-state index contributed by atoms with van der Waals surface area (Å²) in [5.41, 5.74) is 0.586. The van der Waals surface area contributed by atoms with Crippen LogP contribution in [0.1, 0.15) is 5.56 Å². The molecule has 0 radical (unpaired) electrons. The van der Waals surface area contributed by atoms with Crippen molar-refractivity contribution in [3.63, 3.8) is 0 Å². The first kappa shape index (κ1) is 14.9. The first-order valence-electron chi connectivity index (χ1n) is 6.57. The average Bonchev–Trinajstić information content (AvgIpc) is 3.29. The van der Waals surface area contributed by atoms with Crippen LogP contribution in [0.2, 0.25) is 5.02 Å². The second-order valence-corrected chi connectivity index (χ2v) is 7.92. The summed E-state index contributed by atoms with van der Waals surface area (Å²) < 4.78 is 5.20. The highest BCUT2D eigenvalue weighted by atomic mass is 35.5. The molecule has 0 aliphatic carbocycles. The van der Waals surface area contributed by atoms with Gasteiger partial charge in [0, 0.05) is 10.6 Å². The van der Waals surface area contributed by atoms with E-state index in [1.807, 2.05) is 41.8 Å². The predicted molar refractivity (Wildman–Crippen MR) is 95.7 cm³/mol. The van der Waals surface area contributed by atoms with E-state index in [4.69, 9.17) is 11.6 Å². The van der Waals surface area contributed by atoms with Gasteiger partial charge in [-0.2, -0.15) is 4.37 Å². The Hall–Kier alpha value is -1.61. The summed E-state index contributed by atoms with van der Waals surface area (Å²) in [6.07, 6.45) is 0. The maximum absolute atomic E-state index is 5.89. The van der Waals surface area contributed by atoms with Crippen molar-refractivity contribution in [1.29, 1.82) is 0 Å². The molecule has 5 nitrogen and oxygen atoms in total. The quantitative estimate of drug-likeness (QED) is 0.627. The summed E-state index contributed by atoms with van der Waals surface area (Å²) in [6.45, 7) is 0. The van der Waals surface area contributed by atoms with E-state index in [0.29, 0.717) is 10.9 Å². The van der Waals surface area contributed by atoms with Crippen LogP contribution in [0, 0.1) is 0 Å². The number of aliphatic imine (C=N–C) groups is 1. The zero-order valence-electron chi connectivity index (χ0n) is 11.5. The van der Waals surface area contributed by atoms with Crippen molar-refractivity contribution in [3.8, 4) is 10.7 Å². The van der Waals surface area contributed by atoms with Crippen molar-refractivity contribution < 1.29 is 0 Å². The van der Waals surface area contributed by atoms with Crippen molar-refractivity contribution in [2.75, 3.05) is 0 Å². The SMILES string of the molecule is Clc1ccc(C2=NC(Sc3nc(-c4cccs4)ns3)N=N2)cc1. The largest absolute Gasteiger partial charge is 0.225 e. The minimum Gasteiger partial charge on any atom is -0.225 e. The normalized spacial score (nSPS) is 16.7. The number of benzene rings is 1. The lowest BCUT2D eigenvalue weighted by Gasteiger charge is -1.98. The van der Waals surface area contributed by atoms with Gasteiger partial charge in [-0.25, -0.2) is 9.98 Å². The molecule has 9 heteroatoms. The van der Waals surface area contributed by atoms with E-state index in [-0.39, 0.29) is 5.50 Å². The van der Waals surface area contributed by atoms with E-state index >= 15 is 0 Å². The molecule has 1 aliphatic heterocycles. The van der Waals surface area contributed by atoms with E-state index < -0.39 is 0 Å². The summed E-state index contributed by atoms with van der Waals surface area (Å²) in [5.74, 6) is 1.37. The Morgan fingerprint density at radius 2 is 2.00 bits per heavy atom. The number of hydrogen-bond acceptors (Lipinski definition) is 8. The number of thioether (sulfide) groups is 1. The van der Waals surface area contributed by atoms with Crippen molar-refractivity contribution in [2.45, 2.75) is 9.84 Å². The van der Waals surface area contributed by atoms with Gasteiger partial charge in [-0.3, -0.25) is 0 Å². The van der Waals surface area contributed by atoms with Gasteiger partial charge in [0.15, 0.2) is 16.0 Å². The molecule has 1 aliphatic rings. The monoisotopic (exact) mass is 377 g/mol. The molecule has 1 atom stereocenters. The van der Waals surface area contributed by atoms with Crippen LogP contribution in [0.3, 0.4) is 0 Å². The average molecular weight is 378 g/mol. The van der Waals surface area contributed by atoms with Crippen LogP contribution in [0.4, 0.5) is 0 Å². The Bertz CT molecular complexity index is 870. The number of nitrogens with zero attached hydrogens (tertiary/aromatic N) is 5. The molecule has 2 aromatic heterocycles. The first-order chi connectivity index (χ1) is 11.3. The molecular formula is C14H8ClN5S3. The topological polar surface area (TPSA) is 62.9 Å². The molecule has 0 spiro atoms. The van der Waals surface area contributed by atoms with E-state index in [2.05, 4.69) is 24.6 Å². The van der Waals surface area contributed by atoms with E-state index in [1.54, 1.807) is 11.3 Å². The molecule has 1 aromatic carbocycles. The number of halogens is 1. The fourth-order valence-electron chi connectivity index (χ4n) is 1.89. The van der Waals surface area contributed by atoms with Gasteiger partial charge in [0.1, 0.15) is 0 Å². The molecular weight excluding hydrogens is 370 g/mol. The second kappa shape index (κ2) is 6.48. The van der Waals surface area contributed by atoms with Crippen LogP contribution in [0.15, 0.2) is 61.3 Å². The molecule has 4 rings (SSSR count). The standard InChI is InChI=1S/C14H8ClN5S3/c15-9-5-3-8(4-6-9)11-16-13(19-18-11)22-14-17-12(20-23-14)10-2-1-7-21-10/h1-7,13H. The van der Waals surface area contributed by atoms with Gasteiger partial charge >= 0.3 is 0 Å². The zero-order valence-corrected chi connectivity index (χ0v) is 14.7. The third kappa shape index (κ3) is 3.35. The van der Waals surface area contributed by atoms with Crippen LogP contribution in [0.25, 0.3) is 10.7 Å². The van der Waals surface area contributed by atoms with Crippen molar-refractivity contribution >= 4 is 52.1 Å². The van der Waals surface area contributed by atoms with E-state index in [0.717, 1.165) is 20.6 Å². The highest BCUT2D eigenvalue weighted by molar-refractivity contribution is 8.01. The smallest absolute Gasteiger partial charge is 0.215 e. The maximum Gasteiger partial charge on any atom is 0.215 e. The second-order valence-electron chi connectivity index (χ2n) is 4.48. The molecule has 3 aromatic rings. The molecule has 0 saturated heterocycles. The number of rotatable bonds is 4. The van der Waals surface area contributed by atoms with Crippen LogP contribution >= 0.6 is 46.2 Å². The summed E-state index contributed by atoms with van der Waals surface area (Å²) >= 11 is 10.3. The third-order valence-electron chi connectivity index (χ3n) is 2.94. The minimum atomic E-state index is -0.315. The van der Waals surface area contributed by atoms with E-state index in [1.165, 1.54) is 23.3 Å². The lowest BCUT2D eigenvalue weighted by Crippen LogP contribution is -1.95. The number of aromatic nitrogens is 2. The van der Waals surface area contributed by atoms with Crippen molar-refractivity contribution in [2.24, 2.45) is 15.2 Å². The number of thiophene rings is 1. The molecule has 0 amide bonds.